The number of carbonyl (C=O) groups excluding carboxylic acids is 1. The number of carbonyl (C=O) groups is 1. The van der Waals surface area contributed by atoms with Crippen LogP contribution in [0, 0.1) is 5.92 Å². The lowest BCUT2D eigenvalue weighted by molar-refractivity contribution is 0.0618. The van der Waals surface area contributed by atoms with Crippen LogP contribution in [0.5, 0.6) is 0 Å². The van der Waals surface area contributed by atoms with Gasteiger partial charge in [-0.15, -0.1) is 0 Å². The molecule has 5 heteroatoms. The molecule has 0 aromatic carbocycles. The van der Waals surface area contributed by atoms with Crippen molar-refractivity contribution >= 4 is 16.9 Å². The standard InChI is InChI=1S/C18H23N3O2/c1-11(2)14-10-23-17-8-19-15(7-13(14)17)18(22)20-16-9-21-5-3-12(16)4-6-21/h7-8,10-12,16H,3-6,9H2,1-2H3,(H,20,22)/t16-/m0/s1. The molecule has 0 radical (unpaired) electrons. The molecule has 1 amide bonds. The molecule has 2 aromatic heterocycles. The Morgan fingerprint density at radius 1 is 1.39 bits per heavy atom. The summed E-state index contributed by atoms with van der Waals surface area (Å²) in [5, 5.41) is 4.19. The van der Waals surface area contributed by atoms with Crippen molar-refractivity contribution < 1.29 is 9.21 Å². The molecule has 3 fully saturated rings. The number of amides is 1. The molecule has 1 atom stereocenters. The summed E-state index contributed by atoms with van der Waals surface area (Å²) in [6.45, 7) is 7.57. The predicted molar refractivity (Wildman–Crippen MR) is 88.5 cm³/mol. The maximum atomic E-state index is 12.6. The number of hydrogen-bond acceptors (Lipinski definition) is 4. The molecule has 2 aromatic rings. The van der Waals surface area contributed by atoms with Crippen LogP contribution in [0.2, 0.25) is 0 Å². The molecule has 5 heterocycles. The first-order valence-electron chi connectivity index (χ1n) is 8.52. The summed E-state index contributed by atoms with van der Waals surface area (Å²) >= 11 is 0. The summed E-state index contributed by atoms with van der Waals surface area (Å²) in [4.78, 5) is 19.3. The molecule has 23 heavy (non-hydrogen) atoms. The summed E-state index contributed by atoms with van der Waals surface area (Å²) in [7, 11) is 0. The zero-order chi connectivity index (χ0) is 16.0. The number of nitrogens with one attached hydrogen (secondary N) is 1. The second-order valence-corrected chi connectivity index (χ2v) is 7.13. The van der Waals surface area contributed by atoms with Gasteiger partial charge in [0.2, 0.25) is 0 Å². The Labute approximate surface area is 136 Å². The van der Waals surface area contributed by atoms with E-state index in [-0.39, 0.29) is 11.9 Å². The highest BCUT2D eigenvalue weighted by molar-refractivity contribution is 5.96. The number of rotatable bonds is 3. The van der Waals surface area contributed by atoms with Crippen molar-refractivity contribution in [2.45, 2.75) is 38.6 Å². The van der Waals surface area contributed by atoms with Gasteiger partial charge in [0.25, 0.3) is 5.91 Å². The van der Waals surface area contributed by atoms with E-state index in [1.54, 1.807) is 12.5 Å². The number of hydrogen-bond donors (Lipinski definition) is 1. The van der Waals surface area contributed by atoms with Crippen LogP contribution in [0.4, 0.5) is 0 Å². The molecule has 0 saturated carbocycles. The van der Waals surface area contributed by atoms with E-state index in [0.717, 1.165) is 23.1 Å². The third-order valence-corrected chi connectivity index (χ3v) is 5.32. The van der Waals surface area contributed by atoms with Crippen molar-refractivity contribution in [2.75, 3.05) is 19.6 Å². The van der Waals surface area contributed by atoms with E-state index >= 15 is 0 Å². The molecule has 5 nitrogen and oxygen atoms in total. The largest absolute Gasteiger partial charge is 0.462 e. The second kappa shape index (κ2) is 5.64. The molecule has 1 N–H and O–H groups in total. The zero-order valence-corrected chi connectivity index (χ0v) is 13.7. The second-order valence-electron chi connectivity index (χ2n) is 7.13. The van der Waals surface area contributed by atoms with Gasteiger partial charge in [-0.2, -0.15) is 0 Å². The van der Waals surface area contributed by atoms with Crippen molar-refractivity contribution in [1.29, 1.82) is 0 Å². The van der Waals surface area contributed by atoms with Crippen LogP contribution in [-0.2, 0) is 0 Å². The molecule has 2 bridgehead atoms. The van der Waals surface area contributed by atoms with Crippen LogP contribution in [0.25, 0.3) is 11.0 Å². The molecule has 0 spiro atoms. The lowest BCUT2D eigenvalue weighted by Crippen LogP contribution is -2.57. The van der Waals surface area contributed by atoms with Crippen LogP contribution in [0.1, 0.15) is 48.7 Å². The van der Waals surface area contributed by atoms with E-state index in [1.807, 2.05) is 6.07 Å². The van der Waals surface area contributed by atoms with Gasteiger partial charge < -0.3 is 14.6 Å². The molecule has 3 aliphatic heterocycles. The Balaban J connectivity index is 1.56. The first-order chi connectivity index (χ1) is 11.1. The first kappa shape index (κ1) is 14.7. The van der Waals surface area contributed by atoms with E-state index in [1.165, 1.54) is 25.9 Å². The quantitative estimate of drug-likeness (QED) is 0.946. The Kier molecular flexibility index (Phi) is 3.60. The lowest BCUT2D eigenvalue weighted by Gasteiger charge is -2.44. The van der Waals surface area contributed by atoms with Crippen molar-refractivity contribution in [3.8, 4) is 0 Å². The number of fused-ring (bicyclic) bond motifs is 4. The van der Waals surface area contributed by atoms with Crippen molar-refractivity contribution in [3.05, 3.63) is 29.8 Å². The third-order valence-electron chi connectivity index (χ3n) is 5.32. The van der Waals surface area contributed by atoms with E-state index in [4.69, 9.17) is 4.42 Å². The molecule has 122 valence electrons. The van der Waals surface area contributed by atoms with Crippen LogP contribution >= 0.6 is 0 Å². The van der Waals surface area contributed by atoms with Gasteiger partial charge in [0.05, 0.1) is 12.5 Å². The summed E-state index contributed by atoms with van der Waals surface area (Å²) in [5.74, 6) is 0.908. The topological polar surface area (TPSA) is 58.4 Å². The molecule has 5 rings (SSSR count). The highest BCUT2D eigenvalue weighted by Crippen LogP contribution is 2.29. The Bertz CT molecular complexity index is 729. The fourth-order valence-electron chi connectivity index (χ4n) is 3.89. The van der Waals surface area contributed by atoms with Crippen molar-refractivity contribution in [3.63, 3.8) is 0 Å². The van der Waals surface area contributed by atoms with Gasteiger partial charge in [0.15, 0.2) is 5.58 Å². The minimum Gasteiger partial charge on any atom is -0.462 e. The first-order valence-corrected chi connectivity index (χ1v) is 8.52. The van der Waals surface area contributed by atoms with E-state index in [0.29, 0.717) is 17.5 Å². The average molecular weight is 313 g/mol. The SMILES string of the molecule is CC(C)c1coc2cnc(C(=O)N[C@H]3CN4CCC3CC4)cc12. The fourth-order valence-corrected chi connectivity index (χ4v) is 3.89. The molecule has 0 aliphatic carbocycles. The Morgan fingerprint density at radius 3 is 2.83 bits per heavy atom. The zero-order valence-electron chi connectivity index (χ0n) is 13.7. The van der Waals surface area contributed by atoms with Gasteiger partial charge in [0, 0.05) is 23.5 Å². The summed E-state index contributed by atoms with van der Waals surface area (Å²) in [5.41, 5.74) is 2.35. The summed E-state index contributed by atoms with van der Waals surface area (Å²) < 4.78 is 5.53. The minimum absolute atomic E-state index is 0.0680. The van der Waals surface area contributed by atoms with Crippen LogP contribution in [-0.4, -0.2) is 41.5 Å². The van der Waals surface area contributed by atoms with Gasteiger partial charge in [-0.05, 0) is 43.8 Å². The third kappa shape index (κ3) is 2.63. The Hall–Kier alpha value is -1.88. The smallest absolute Gasteiger partial charge is 0.270 e. The molecule has 0 unspecified atom stereocenters. The fraction of sp³-hybridized carbons (Fsp3) is 0.556. The van der Waals surface area contributed by atoms with E-state index in [2.05, 4.69) is 29.0 Å². The maximum absolute atomic E-state index is 12.6. The maximum Gasteiger partial charge on any atom is 0.270 e. The van der Waals surface area contributed by atoms with Crippen LogP contribution in [0.15, 0.2) is 22.9 Å². The monoisotopic (exact) mass is 313 g/mol. The number of pyridine rings is 1. The lowest BCUT2D eigenvalue weighted by atomic mass is 9.84. The van der Waals surface area contributed by atoms with Crippen molar-refractivity contribution in [2.24, 2.45) is 5.92 Å². The van der Waals surface area contributed by atoms with Crippen LogP contribution < -0.4 is 5.32 Å². The number of piperidine rings is 3. The molecular formula is C18H23N3O2. The van der Waals surface area contributed by atoms with E-state index < -0.39 is 0 Å². The molecule has 3 aliphatic rings. The van der Waals surface area contributed by atoms with Gasteiger partial charge in [-0.3, -0.25) is 4.79 Å². The highest BCUT2D eigenvalue weighted by atomic mass is 16.3. The molecule has 3 saturated heterocycles. The number of furan rings is 1. The van der Waals surface area contributed by atoms with E-state index in [9.17, 15) is 4.79 Å². The van der Waals surface area contributed by atoms with Gasteiger partial charge >= 0.3 is 0 Å². The number of aromatic nitrogens is 1. The summed E-state index contributed by atoms with van der Waals surface area (Å²) in [6, 6.07) is 2.13. The molecular weight excluding hydrogens is 290 g/mol. The Morgan fingerprint density at radius 2 is 2.17 bits per heavy atom. The van der Waals surface area contributed by atoms with Gasteiger partial charge in [-0.1, -0.05) is 13.8 Å². The highest BCUT2D eigenvalue weighted by Gasteiger charge is 2.35. The minimum atomic E-state index is -0.0680. The van der Waals surface area contributed by atoms with Crippen molar-refractivity contribution in [1.82, 2.24) is 15.2 Å². The normalized spacial score (nSPS) is 26.8. The van der Waals surface area contributed by atoms with Gasteiger partial charge in [0.1, 0.15) is 5.69 Å². The van der Waals surface area contributed by atoms with Gasteiger partial charge in [-0.25, -0.2) is 4.98 Å². The van der Waals surface area contributed by atoms with Crippen LogP contribution in [0.3, 0.4) is 0 Å². The predicted octanol–water partition coefficient (Wildman–Crippen LogP) is 2.78. The summed E-state index contributed by atoms with van der Waals surface area (Å²) in [6.07, 6.45) is 5.81. The number of nitrogens with zero attached hydrogens (tertiary/aromatic N) is 2. The average Bonchev–Trinajstić information content (AvgIpc) is 2.99.